The van der Waals surface area contributed by atoms with Crippen molar-refractivity contribution in [2.24, 2.45) is 0 Å². The Bertz CT molecular complexity index is 1260. The van der Waals surface area contributed by atoms with Gasteiger partial charge in [0, 0.05) is 23.0 Å². The maximum Gasteiger partial charge on any atom is 0.274 e. The number of fused-ring (bicyclic) bond motifs is 1. The number of ether oxygens (including phenoxy) is 1. The van der Waals surface area contributed by atoms with Crippen molar-refractivity contribution in [2.45, 2.75) is 13.5 Å². The van der Waals surface area contributed by atoms with Gasteiger partial charge in [-0.15, -0.1) is 0 Å². The van der Waals surface area contributed by atoms with Crippen molar-refractivity contribution in [3.05, 3.63) is 87.9 Å². The number of nitrogens with zero attached hydrogens (tertiary/aromatic N) is 4. The molecule has 0 radical (unpaired) electrons. The minimum atomic E-state index is -0.412. The molecule has 0 aliphatic carbocycles. The van der Waals surface area contributed by atoms with E-state index in [9.17, 15) is 14.0 Å². The Hall–Kier alpha value is -4.01. The first-order valence-corrected chi connectivity index (χ1v) is 9.11. The highest BCUT2D eigenvalue weighted by atomic mass is 19.1. The van der Waals surface area contributed by atoms with E-state index in [-0.39, 0.29) is 23.8 Å². The van der Waals surface area contributed by atoms with E-state index >= 15 is 0 Å². The first kappa shape index (κ1) is 19.3. The summed E-state index contributed by atoms with van der Waals surface area (Å²) in [5.41, 5.74) is 1.14. The van der Waals surface area contributed by atoms with E-state index in [0.717, 1.165) is 0 Å². The fourth-order valence-electron chi connectivity index (χ4n) is 3.05. The molecule has 30 heavy (non-hydrogen) atoms. The van der Waals surface area contributed by atoms with Gasteiger partial charge in [0.1, 0.15) is 17.4 Å². The van der Waals surface area contributed by atoms with E-state index in [2.05, 4.69) is 15.1 Å². The fraction of sp³-hybridized carbons (Fsp3) is 0.143. The monoisotopic (exact) mass is 407 g/mol. The minimum absolute atomic E-state index is 0.0261. The third kappa shape index (κ3) is 3.77. The van der Waals surface area contributed by atoms with Crippen LogP contribution in [0.1, 0.15) is 21.9 Å². The lowest BCUT2D eigenvalue weighted by atomic mass is 10.1. The number of carbonyl (C=O) groups excluding carboxylic acids is 1. The smallest absolute Gasteiger partial charge is 0.274 e. The van der Waals surface area contributed by atoms with Gasteiger partial charge in [-0.25, -0.2) is 9.37 Å². The molecule has 2 heterocycles. The molecule has 152 valence electrons. The molecule has 2 aromatic carbocycles. The molecule has 0 aliphatic heterocycles. The summed E-state index contributed by atoms with van der Waals surface area (Å²) in [6, 6.07) is 13.6. The predicted octanol–water partition coefficient (Wildman–Crippen LogP) is 2.72. The molecule has 0 saturated heterocycles. The molecule has 0 atom stereocenters. The fourth-order valence-corrected chi connectivity index (χ4v) is 3.05. The van der Waals surface area contributed by atoms with Gasteiger partial charge in [-0.1, -0.05) is 0 Å². The van der Waals surface area contributed by atoms with Crippen molar-refractivity contribution in [3.8, 4) is 5.75 Å². The average molecular weight is 407 g/mol. The molecule has 0 fully saturated rings. The molecule has 2 aromatic heterocycles. The number of hydrogen-bond donors (Lipinski definition) is 1. The summed E-state index contributed by atoms with van der Waals surface area (Å²) in [6.45, 7) is 1.73. The van der Waals surface area contributed by atoms with Crippen molar-refractivity contribution in [3.63, 3.8) is 0 Å². The number of aromatic nitrogens is 4. The number of halogens is 1. The number of benzene rings is 2. The van der Waals surface area contributed by atoms with E-state index in [0.29, 0.717) is 28.5 Å². The lowest BCUT2D eigenvalue weighted by Crippen LogP contribution is -2.31. The molecule has 1 amide bonds. The number of H-pyrrole nitrogens is 1. The number of amides is 1. The number of anilines is 1. The second kappa shape index (κ2) is 7.78. The van der Waals surface area contributed by atoms with Crippen molar-refractivity contribution < 1.29 is 13.9 Å². The van der Waals surface area contributed by atoms with Crippen LogP contribution in [0.4, 0.5) is 10.1 Å². The highest BCUT2D eigenvalue weighted by Crippen LogP contribution is 2.21. The summed E-state index contributed by atoms with van der Waals surface area (Å²) in [7, 11) is 1.54. The Balaban J connectivity index is 1.73. The minimum Gasteiger partial charge on any atom is -0.497 e. The molecule has 0 spiro atoms. The molecule has 4 aromatic rings. The molecule has 0 aliphatic rings. The van der Waals surface area contributed by atoms with E-state index in [1.165, 1.54) is 39.7 Å². The van der Waals surface area contributed by atoms with Crippen LogP contribution in [-0.2, 0) is 6.54 Å². The number of carbonyl (C=O) groups is 1. The van der Waals surface area contributed by atoms with Gasteiger partial charge in [0.05, 0.1) is 13.7 Å². The Labute approximate surface area is 170 Å². The normalized spacial score (nSPS) is 10.9. The molecule has 0 unspecified atom stereocenters. The molecule has 8 nitrogen and oxygen atoms in total. The van der Waals surface area contributed by atoms with Gasteiger partial charge >= 0.3 is 0 Å². The Morgan fingerprint density at radius 1 is 1.13 bits per heavy atom. The first-order chi connectivity index (χ1) is 14.4. The van der Waals surface area contributed by atoms with E-state index in [1.54, 1.807) is 38.3 Å². The van der Waals surface area contributed by atoms with Gasteiger partial charge < -0.3 is 9.64 Å². The summed E-state index contributed by atoms with van der Waals surface area (Å²) >= 11 is 0. The van der Waals surface area contributed by atoms with Crippen LogP contribution in [0.2, 0.25) is 0 Å². The van der Waals surface area contributed by atoms with Gasteiger partial charge in [-0.3, -0.25) is 14.7 Å². The average Bonchev–Trinajstić information content (AvgIpc) is 3.15. The van der Waals surface area contributed by atoms with Crippen LogP contribution in [0.3, 0.4) is 0 Å². The number of rotatable bonds is 5. The van der Waals surface area contributed by atoms with Crippen LogP contribution in [0.15, 0.2) is 59.4 Å². The molecule has 1 N–H and O–H groups in total. The second-order valence-corrected chi connectivity index (χ2v) is 6.64. The Morgan fingerprint density at radius 3 is 2.50 bits per heavy atom. The SMILES string of the molecule is COc1ccc(C(=O)N(Cc2nc3nc(C)cc(=O)n3[nH]2)c2ccc(F)cc2)cc1. The van der Waals surface area contributed by atoms with E-state index in [4.69, 9.17) is 4.74 Å². The van der Waals surface area contributed by atoms with Gasteiger partial charge in [0.15, 0.2) is 0 Å². The number of aryl methyl sites for hydroxylation is 1. The summed E-state index contributed by atoms with van der Waals surface area (Å²) in [4.78, 5) is 35.4. The maximum atomic E-state index is 13.4. The Morgan fingerprint density at radius 2 is 1.83 bits per heavy atom. The van der Waals surface area contributed by atoms with Crippen molar-refractivity contribution >= 4 is 17.4 Å². The number of methoxy groups -OCH3 is 1. The van der Waals surface area contributed by atoms with Crippen LogP contribution >= 0.6 is 0 Å². The molecular formula is C21H18FN5O3. The number of nitrogens with one attached hydrogen (secondary N) is 1. The zero-order chi connectivity index (χ0) is 21.3. The van der Waals surface area contributed by atoms with Crippen molar-refractivity contribution in [1.82, 2.24) is 19.6 Å². The zero-order valence-electron chi connectivity index (χ0n) is 16.3. The third-order valence-electron chi connectivity index (χ3n) is 4.53. The standard InChI is InChI=1S/C21H18FN5O3/c1-13-11-19(28)27-21(23-13)24-18(25-27)12-26(16-7-5-15(22)6-8-16)20(29)14-3-9-17(30-2)10-4-14/h3-11H,12H2,1-2H3,(H,23,24,25). The molecule has 9 heteroatoms. The highest BCUT2D eigenvalue weighted by Gasteiger charge is 2.20. The van der Waals surface area contributed by atoms with Crippen LogP contribution in [-0.4, -0.2) is 32.6 Å². The van der Waals surface area contributed by atoms with Crippen LogP contribution in [0, 0.1) is 12.7 Å². The zero-order valence-corrected chi connectivity index (χ0v) is 16.3. The van der Waals surface area contributed by atoms with Gasteiger partial charge in [0.25, 0.3) is 17.2 Å². The highest BCUT2D eigenvalue weighted by molar-refractivity contribution is 6.06. The topological polar surface area (TPSA) is 92.6 Å². The quantitative estimate of drug-likeness (QED) is 0.549. The maximum absolute atomic E-state index is 13.4. The summed E-state index contributed by atoms with van der Waals surface area (Å²) in [5, 5.41) is 2.87. The largest absolute Gasteiger partial charge is 0.497 e. The van der Waals surface area contributed by atoms with E-state index in [1.807, 2.05) is 0 Å². The third-order valence-corrected chi connectivity index (χ3v) is 4.53. The predicted molar refractivity (Wildman–Crippen MR) is 108 cm³/mol. The Kier molecular flexibility index (Phi) is 5.01. The van der Waals surface area contributed by atoms with Crippen molar-refractivity contribution in [2.75, 3.05) is 12.0 Å². The van der Waals surface area contributed by atoms with Crippen molar-refractivity contribution in [1.29, 1.82) is 0 Å². The molecule has 0 bridgehead atoms. The lowest BCUT2D eigenvalue weighted by Gasteiger charge is -2.22. The lowest BCUT2D eigenvalue weighted by molar-refractivity contribution is 0.0984. The number of aromatic amines is 1. The summed E-state index contributed by atoms with van der Waals surface area (Å²) < 4.78 is 19.8. The second-order valence-electron chi connectivity index (χ2n) is 6.64. The van der Waals surface area contributed by atoms with Crippen LogP contribution in [0.5, 0.6) is 5.75 Å². The molecule has 4 rings (SSSR count). The van der Waals surface area contributed by atoms with Gasteiger partial charge in [-0.05, 0) is 55.5 Å². The summed E-state index contributed by atoms with van der Waals surface area (Å²) in [5.74, 6) is 0.465. The molecular weight excluding hydrogens is 389 g/mol. The first-order valence-electron chi connectivity index (χ1n) is 9.11. The van der Waals surface area contributed by atoms with Crippen LogP contribution in [0.25, 0.3) is 5.78 Å². The summed E-state index contributed by atoms with van der Waals surface area (Å²) in [6.07, 6.45) is 0. The van der Waals surface area contributed by atoms with Crippen LogP contribution < -0.4 is 15.2 Å². The van der Waals surface area contributed by atoms with Gasteiger partial charge in [-0.2, -0.15) is 9.50 Å². The molecule has 0 saturated carbocycles. The number of hydrogen-bond acceptors (Lipinski definition) is 5. The van der Waals surface area contributed by atoms with Gasteiger partial charge in [0.2, 0.25) is 0 Å². The van der Waals surface area contributed by atoms with E-state index < -0.39 is 5.82 Å².